The molecule has 0 heterocycles. The first-order valence-corrected chi connectivity index (χ1v) is 13.9. The third-order valence-corrected chi connectivity index (χ3v) is 8.72. The number of benzene rings is 2. The molecule has 2 aliphatic carbocycles. The lowest BCUT2D eigenvalue weighted by atomic mass is 9.88. The summed E-state index contributed by atoms with van der Waals surface area (Å²) < 4.78 is 38.9. The van der Waals surface area contributed by atoms with E-state index in [0.29, 0.717) is 24.3 Å². The highest BCUT2D eigenvalue weighted by Gasteiger charge is 2.36. The van der Waals surface area contributed by atoms with E-state index >= 15 is 0 Å². The fourth-order valence-electron chi connectivity index (χ4n) is 4.94. The Morgan fingerprint density at radius 2 is 1.26 bits per heavy atom. The molecule has 2 aromatic carbocycles. The van der Waals surface area contributed by atoms with E-state index in [4.69, 9.17) is 9.47 Å². The van der Waals surface area contributed by atoms with Crippen molar-refractivity contribution in [3.63, 3.8) is 0 Å². The standard InChI is InChI=1S/C27H33NO6S/c1-33-23-16-18-25(19-17-23)35(31,32)28(26(29)20-8-4-2-5-9-20)22-12-14-24(15-13-22)34-27(30)21-10-6-3-7-11-21/h12-21H,2-11H2,1H3. The highest BCUT2D eigenvalue weighted by atomic mass is 32.2. The van der Waals surface area contributed by atoms with Crippen LogP contribution in [-0.4, -0.2) is 27.4 Å². The SMILES string of the molecule is COc1ccc(S(=O)(=O)N(C(=O)C2CCCCC2)c2ccc(OC(=O)C3CCCCC3)cc2)cc1. The molecule has 0 atom stereocenters. The number of sulfonamides is 1. The van der Waals surface area contributed by atoms with Crippen LogP contribution < -0.4 is 13.8 Å². The Hall–Kier alpha value is -2.87. The van der Waals surface area contributed by atoms with Crippen LogP contribution in [0.3, 0.4) is 0 Å². The van der Waals surface area contributed by atoms with Gasteiger partial charge >= 0.3 is 5.97 Å². The van der Waals surface area contributed by atoms with Gasteiger partial charge in [-0.15, -0.1) is 0 Å². The summed E-state index contributed by atoms with van der Waals surface area (Å²) in [6.07, 6.45) is 9.07. The van der Waals surface area contributed by atoms with Crippen molar-refractivity contribution < 1.29 is 27.5 Å². The quantitative estimate of drug-likeness (QED) is 0.370. The summed E-state index contributed by atoms with van der Waals surface area (Å²) in [4.78, 5) is 26.1. The first kappa shape index (κ1) is 25.2. The zero-order valence-corrected chi connectivity index (χ0v) is 21.0. The number of methoxy groups -OCH3 is 1. The summed E-state index contributed by atoms with van der Waals surface area (Å²) in [7, 11) is -2.66. The van der Waals surface area contributed by atoms with Crippen molar-refractivity contribution in [3.05, 3.63) is 48.5 Å². The lowest BCUT2D eigenvalue weighted by molar-refractivity contribution is -0.140. The molecule has 188 valence electrons. The van der Waals surface area contributed by atoms with Crippen LogP contribution in [0.4, 0.5) is 5.69 Å². The molecule has 8 heteroatoms. The van der Waals surface area contributed by atoms with Gasteiger partial charge in [-0.2, -0.15) is 0 Å². The number of esters is 1. The highest BCUT2D eigenvalue weighted by molar-refractivity contribution is 7.93. The minimum Gasteiger partial charge on any atom is -0.497 e. The Morgan fingerprint density at radius 1 is 0.743 bits per heavy atom. The van der Waals surface area contributed by atoms with Gasteiger partial charge in [-0.1, -0.05) is 38.5 Å². The van der Waals surface area contributed by atoms with Crippen LogP contribution in [0.5, 0.6) is 11.5 Å². The van der Waals surface area contributed by atoms with E-state index in [1.54, 1.807) is 24.3 Å². The van der Waals surface area contributed by atoms with E-state index in [-0.39, 0.29) is 28.4 Å². The number of hydrogen-bond acceptors (Lipinski definition) is 6. The summed E-state index contributed by atoms with van der Waals surface area (Å²) in [5, 5.41) is 0. The van der Waals surface area contributed by atoms with Crippen molar-refractivity contribution in [1.29, 1.82) is 0 Å². The first-order valence-electron chi connectivity index (χ1n) is 12.4. The maximum Gasteiger partial charge on any atom is 0.314 e. The molecule has 35 heavy (non-hydrogen) atoms. The molecule has 0 N–H and O–H groups in total. The molecule has 0 spiro atoms. The summed E-state index contributed by atoms with van der Waals surface area (Å²) in [5.41, 5.74) is 0.230. The van der Waals surface area contributed by atoms with E-state index in [0.717, 1.165) is 55.7 Å². The van der Waals surface area contributed by atoms with E-state index in [1.807, 2.05) is 0 Å². The Balaban J connectivity index is 1.61. The van der Waals surface area contributed by atoms with Crippen LogP contribution in [-0.2, 0) is 19.6 Å². The molecule has 0 radical (unpaired) electrons. The molecule has 0 aliphatic heterocycles. The Bertz CT molecular complexity index is 1120. The number of nitrogens with zero attached hydrogens (tertiary/aromatic N) is 1. The molecule has 4 rings (SSSR count). The van der Waals surface area contributed by atoms with Gasteiger partial charge in [0.1, 0.15) is 11.5 Å². The molecule has 0 unspecified atom stereocenters. The summed E-state index contributed by atoms with van der Waals surface area (Å²) in [6.45, 7) is 0. The number of carbonyl (C=O) groups is 2. The van der Waals surface area contributed by atoms with Crippen molar-refractivity contribution in [1.82, 2.24) is 0 Å². The number of ether oxygens (including phenoxy) is 2. The third kappa shape index (κ3) is 5.86. The fraction of sp³-hybridized carbons (Fsp3) is 0.481. The Kier molecular flexibility index (Phi) is 8.11. The first-order chi connectivity index (χ1) is 16.9. The van der Waals surface area contributed by atoms with Gasteiger partial charge < -0.3 is 9.47 Å². The average Bonchev–Trinajstić information content (AvgIpc) is 2.90. The van der Waals surface area contributed by atoms with E-state index in [2.05, 4.69) is 0 Å². The predicted octanol–water partition coefficient (Wildman–Crippen LogP) is 5.48. The number of amides is 1. The van der Waals surface area contributed by atoms with Gasteiger partial charge in [0, 0.05) is 5.92 Å². The zero-order chi connectivity index (χ0) is 24.8. The smallest absolute Gasteiger partial charge is 0.314 e. The minimum absolute atomic E-state index is 0.00950. The molecular weight excluding hydrogens is 466 g/mol. The maximum absolute atomic E-state index is 13.7. The van der Waals surface area contributed by atoms with Gasteiger partial charge in [0.15, 0.2) is 0 Å². The number of hydrogen-bond donors (Lipinski definition) is 0. The summed E-state index contributed by atoms with van der Waals surface area (Å²) >= 11 is 0. The number of rotatable bonds is 7. The molecular formula is C27H33NO6S. The predicted molar refractivity (Wildman–Crippen MR) is 133 cm³/mol. The molecule has 2 fully saturated rings. The second-order valence-corrected chi connectivity index (χ2v) is 11.2. The molecule has 1 amide bonds. The van der Waals surface area contributed by atoms with Gasteiger partial charge in [0.25, 0.3) is 10.0 Å². The zero-order valence-electron chi connectivity index (χ0n) is 20.1. The van der Waals surface area contributed by atoms with E-state index < -0.39 is 15.9 Å². The maximum atomic E-state index is 13.7. The van der Waals surface area contributed by atoms with Crippen LogP contribution in [0.25, 0.3) is 0 Å². The molecule has 2 saturated carbocycles. The van der Waals surface area contributed by atoms with Crippen LogP contribution in [0.2, 0.25) is 0 Å². The normalized spacial score (nSPS) is 17.5. The van der Waals surface area contributed by atoms with Gasteiger partial charge in [-0.3, -0.25) is 9.59 Å². The van der Waals surface area contributed by atoms with Crippen molar-refractivity contribution in [2.24, 2.45) is 11.8 Å². The summed E-state index contributed by atoms with van der Waals surface area (Å²) in [5.74, 6) is -0.246. The molecule has 0 aromatic heterocycles. The highest BCUT2D eigenvalue weighted by Crippen LogP contribution is 2.33. The van der Waals surface area contributed by atoms with Crippen molar-refractivity contribution in [3.8, 4) is 11.5 Å². The van der Waals surface area contributed by atoms with Gasteiger partial charge in [0.05, 0.1) is 23.6 Å². The molecule has 0 bridgehead atoms. The van der Waals surface area contributed by atoms with Crippen molar-refractivity contribution in [2.45, 2.75) is 69.1 Å². The van der Waals surface area contributed by atoms with E-state index in [9.17, 15) is 18.0 Å². The lowest BCUT2D eigenvalue weighted by Crippen LogP contribution is -2.41. The van der Waals surface area contributed by atoms with Crippen LogP contribution in [0, 0.1) is 11.8 Å². The molecule has 0 saturated heterocycles. The molecule has 2 aliphatic rings. The molecule has 7 nitrogen and oxygen atoms in total. The largest absolute Gasteiger partial charge is 0.497 e. The third-order valence-electron chi connectivity index (χ3n) is 6.98. The summed E-state index contributed by atoms with van der Waals surface area (Å²) in [6, 6.07) is 12.2. The number of carbonyl (C=O) groups excluding carboxylic acids is 2. The van der Waals surface area contributed by atoms with E-state index in [1.165, 1.54) is 31.4 Å². The van der Waals surface area contributed by atoms with Crippen LogP contribution >= 0.6 is 0 Å². The van der Waals surface area contributed by atoms with Crippen molar-refractivity contribution >= 4 is 27.6 Å². The minimum atomic E-state index is -4.16. The van der Waals surface area contributed by atoms with Gasteiger partial charge in [-0.05, 0) is 74.2 Å². The Morgan fingerprint density at radius 3 is 1.80 bits per heavy atom. The second-order valence-electron chi connectivity index (χ2n) is 9.37. The van der Waals surface area contributed by atoms with Gasteiger partial charge in [0.2, 0.25) is 5.91 Å². The average molecular weight is 500 g/mol. The fourth-order valence-corrected chi connectivity index (χ4v) is 6.42. The second kappa shape index (κ2) is 11.2. The van der Waals surface area contributed by atoms with Crippen molar-refractivity contribution in [2.75, 3.05) is 11.4 Å². The Labute approximate surface area is 207 Å². The number of anilines is 1. The lowest BCUT2D eigenvalue weighted by Gasteiger charge is -2.29. The molecule has 2 aromatic rings. The van der Waals surface area contributed by atoms with Crippen LogP contribution in [0.15, 0.2) is 53.4 Å². The topological polar surface area (TPSA) is 90.0 Å². The van der Waals surface area contributed by atoms with Gasteiger partial charge in [-0.25, -0.2) is 12.7 Å². The monoisotopic (exact) mass is 499 g/mol. The van der Waals surface area contributed by atoms with Crippen LogP contribution in [0.1, 0.15) is 64.2 Å².